The fraction of sp³-hybridized carbons (Fsp3) is 0.148. The molecule has 1 heterocycles. The first kappa shape index (κ1) is 35.3. The van der Waals surface area contributed by atoms with E-state index in [0.29, 0.717) is 0 Å². The number of fused-ring (bicyclic) bond motifs is 4. The maximum Gasteiger partial charge on any atom is 0.0562 e. The lowest BCUT2D eigenvalue weighted by Crippen LogP contribution is -2.16. The monoisotopic (exact) mass is 724 g/mol. The highest BCUT2D eigenvalue weighted by molar-refractivity contribution is 6.17. The Morgan fingerprint density at radius 1 is 0.411 bits per heavy atom. The summed E-state index contributed by atoms with van der Waals surface area (Å²) in [7, 11) is 0. The Morgan fingerprint density at radius 2 is 0.946 bits per heavy atom. The minimum absolute atomic E-state index is 0.0108. The molecule has 0 N–H and O–H groups in total. The summed E-state index contributed by atoms with van der Waals surface area (Å²) in [5, 5.41) is 4.94. The minimum Gasteiger partial charge on any atom is -0.309 e. The summed E-state index contributed by atoms with van der Waals surface area (Å²) in [6.07, 6.45) is 0. The average molecular weight is 725 g/mol. The molecule has 274 valence electrons. The fourth-order valence-corrected chi connectivity index (χ4v) is 8.38. The Kier molecular flexibility index (Phi) is 8.66. The van der Waals surface area contributed by atoms with E-state index < -0.39 is 0 Å². The van der Waals surface area contributed by atoms with Gasteiger partial charge in [0.25, 0.3) is 0 Å². The summed E-state index contributed by atoms with van der Waals surface area (Å²) in [4.78, 5) is 2.47. The molecule has 0 saturated heterocycles. The third kappa shape index (κ3) is 6.16. The molecule has 0 atom stereocenters. The molecule has 0 amide bonds. The van der Waals surface area contributed by atoms with Gasteiger partial charge in [0.1, 0.15) is 0 Å². The Balaban J connectivity index is 1.33. The van der Waals surface area contributed by atoms with Crippen LogP contribution in [0.5, 0.6) is 0 Å². The third-order valence-corrected chi connectivity index (χ3v) is 11.3. The van der Waals surface area contributed by atoms with Crippen molar-refractivity contribution in [2.45, 2.75) is 52.4 Å². The molecule has 56 heavy (non-hydrogen) atoms. The lowest BCUT2D eigenvalue weighted by Gasteiger charge is -2.29. The van der Waals surface area contributed by atoms with Crippen molar-refractivity contribution in [1.82, 2.24) is 4.57 Å². The Labute approximate surface area is 331 Å². The summed E-state index contributed by atoms with van der Waals surface area (Å²) in [6.45, 7) is 13.9. The Bertz CT molecular complexity index is 2830. The standard InChI is InChI=1S/C54H48N2/c1-53(2,3)39-34-38(35-40(36-39)54(4,5)6)43-28-17-20-37-21-18-29-45(51(37)43)44-26-13-15-30-47(44)55(41-22-9-7-10-23-41)49-32-19-33-50-52(49)46-27-14-16-31-48(46)56(50)42-24-11-8-12-25-42/h7-36H,1-6H3. The topological polar surface area (TPSA) is 8.17 Å². The van der Waals surface area contributed by atoms with E-state index in [4.69, 9.17) is 0 Å². The fourth-order valence-electron chi connectivity index (χ4n) is 8.38. The minimum atomic E-state index is 0.0108. The molecule has 0 bridgehead atoms. The Morgan fingerprint density at radius 3 is 1.64 bits per heavy atom. The molecule has 2 heteroatoms. The smallest absolute Gasteiger partial charge is 0.0562 e. The number of aromatic nitrogens is 1. The predicted molar refractivity (Wildman–Crippen MR) is 241 cm³/mol. The molecule has 0 radical (unpaired) electrons. The molecule has 9 aromatic rings. The molecular weight excluding hydrogens is 677 g/mol. The van der Waals surface area contributed by atoms with Crippen molar-refractivity contribution < 1.29 is 0 Å². The van der Waals surface area contributed by atoms with Crippen molar-refractivity contribution in [2.24, 2.45) is 0 Å². The third-order valence-electron chi connectivity index (χ3n) is 11.3. The molecule has 9 rings (SSSR count). The van der Waals surface area contributed by atoms with E-state index in [0.717, 1.165) is 22.7 Å². The van der Waals surface area contributed by atoms with Crippen molar-refractivity contribution in [1.29, 1.82) is 0 Å². The van der Waals surface area contributed by atoms with E-state index in [1.807, 2.05) is 0 Å². The van der Waals surface area contributed by atoms with Crippen LogP contribution in [-0.2, 0) is 10.8 Å². The number of para-hydroxylation sites is 4. The number of hydrogen-bond donors (Lipinski definition) is 0. The molecule has 0 saturated carbocycles. The molecule has 1 aromatic heterocycles. The second kappa shape index (κ2) is 13.7. The molecule has 0 aliphatic carbocycles. The van der Waals surface area contributed by atoms with Crippen molar-refractivity contribution >= 4 is 49.6 Å². The van der Waals surface area contributed by atoms with E-state index in [9.17, 15) is 0 Å². The van der Waals surface area contributed by atoms with Gasteiger partial charge in [-0.1, -0.05) is 175 Å². The van der Waals surface area contributed by atoms with Crippen LogP contribution in [0.2, 0.25) is 0 Å². The van der Waals surface area contributed by atoms with Gasteiger partial charge in [-0.3, -0.25) is 0 Å². The van der Waals surface area contributed by atoms with E-state index in [-0.39, 0.29) is 10.8 Å². The van der Waals surface area contributed by atoms with Crippen LogP contribution in [0.1, 0.15) is 52.7 Å². The molecule has 0 aliphatic rings. The van der Waals surface area contributed by atoms with Crippen molar-refractivity contribution in [2.75, 3.05) is 4.90 Å². The average Bonchev–Trinajstić information content (AvgIpc) is 3.56. The van der Waals surface area contributed by atoms with Gasteiger partial charge >= 0.3 is 0 Å². The molecule has 0 aliphatic heterocycles. The summed E-state index contributed by atoms with van der Waals surface area (Å²) < 4.78 is 2.40. The maximum atomic E-state index is 2.47. The number of nitrogens with zero attached hydrogens (tertiary/aromatic N) is 2. The number of benzene rings is 8. The highest BCUT2D eigenvalue weighted by atomic mass is 15.1. The van der Waals surface area contributed by atoms with Gasteiger partial charge in [0.05, 0.1) is 22.4 Å². The normalized spacial score (nSPS) is 12.1. The van der Waals surface area contributed by atoms with Crippen molar-refractivity contribution in [3.63, 3.8) is 0 Å². The van der Waals surface area contributed by atoms with E-state index in [1.165, 1.54) is 66.0 Å². The Hall–Kier alpha value is -6.38. The molecule has 8 aromatic carbocycles. The lowest BCUT2D eigenvalue weighted by molar-refractivity contribution is 0.569. The second-order valence-corrected chi connectivity index (χ2v) is 17.1. The van der Waals surface area contributed by atoms with Crippen LogP contribution in [0, 0.1) is 0 Å². The summed E-state index contributed by atoms with van der Waals surface area (Å²) in [6, 6.07) is 66.9. The van der Waals surface area contributed by atoms with Gasteiger partial charge in [0.2, 0.25) is 0 Å². The van der Waals surface area contributed by atoms with Gasteiger partial charge in [-0.05, 0) is 98.0 Å². The van der Waals surface area contributed by atoms with Crippen LogP contribution in [-0.4, -0.2) is 4.57 Å². The van der Waals surface area contributed by atoms with Crippen LogP contribution in [0.3, 0.4) is 0 Å². The van der Waals surface area contributed by atoms with Crippen molar-refractivity contribution in [3.8, 4) is 27.9 Å². The summed E-state index contributed by atoms with van der Waals surface area (Å²) in [5.41, 5.74) is 14.5. The summed E-state index contributed by atoms with van der Waals surface area (Å²) >= 11 is 0. The van der Waals surface area contributed by atoms with Crippen LogP contribution in [0.15, 0.2) is 182 Å². The van der Waals surface area contributed by atoms with E-state index >= 15 is 0 Å². The van der Waals surface area contributed by atoms with Gasteiger partial charge in [0.15, 0.2) is 0 Å². The number of rotatable bonds is 6. The van der Waals surface area contributed by atoms with Gasteiger partial charge in [-0.25, -0.2) is 0 Å². The zero-order chi connectivity index (χ0) is 38.6. The van der Waals surface area contributed by atoms with E-state index in [2.05, 4.69) is 233 Å². The maximum absolute atomic E-state index is 2.47. The first-order valence-corrected chi connectivity index (χ1v) is 19.8. The van der Waals surface area contributed by atoms with Gasteiger partial charge < -0.3 is 9.47 Å². The number of anilines is 3. The first-order valence-electron chi connectivity index (χ1n) is 19.8. The zero-order valence-corrected chi connectivity index (χ0v) is 33.2. The van der Waals surface area contributed by atoms with Crippen LogP contribution >= 0.6 is 0 Å². The predicted octanol–water partition coefficient (Wildman–Crippen LogP) is 15.3. The number of hydrogen-bond acceptors (Lipinski definition) is 1. The van der Waals surface area contributed by atoms with Crippen LogP contribution in [0.25, 0.3) is 60.5 Å². The molecule has 2 nitrogen and oxygen atoms in total. The highest BCUT2D eigenvalue weighted by Gasteiger charge is 2.25. The summed E-state index contributed by atoms with van der Waals surface area (Å²) in [5.74, 6) is 0. The molecule has 0 unspecified atom stereocenters. The van der Waals surface area contributed by atoms with Crippen LogP contribution < -0.4 is 4.90 Å². The molecule has 0 spiro atoms. The second-order valence-electron chi connectivity index (χ2n) is 17.1. The molecule has 0 fully saturated rings. The van der Waals surface area contributed by atoms with Crippen LogP contribution in [0.4, 0.5) is 17.1 Å². The lowest BCUT2D eigenvalue weighted by atomic mass is 9.78. The SMILES string of the molecule is CC(C)(C)c1cc(-c2cccc3cccc(-c4ccccc4N(c4ccccc4)c4cccc5c4c4ccccc4n5-c4ccccc4)c23)cc(C(C)(C)C)c1. The van der Waals surface area contributed by atoms with Gasteiger partial charge in [0, 0.05) is 27.7 Å². The quantitative estimate of drug-likeness (QED) is 0.166. The van der Waals surface area contributed by atoms with Gasteiger partial charge in [-0.15, -0.1) is 0 Å². The van der Waals surface area contributed by atoms with E-state index in [1.54, 1.807) is 0 Å². The van der Waals surface area contributed by atoms with Crippen molar-refractivity contribution in [3.05, 3.63) is 193 Å². The zero-order valence-electron chi connectivity index (χ0n) is 33.2. The largest absolute Gasteiger partial charge is 0.309 e. The highest BCUT2D eigenvalue weighted by Crippen LogP contribution is 2.48. The molecular formula is C54H48N2. The van der Waals surface area contributed by atoms with Gasteiger partial charge in [-0.2, -0.15) is 0 Å². The first-order chi connectivity index (χ1) is 27.1.